The molecule has 0 bridgehead atoms. The van der Waals surface area contributed by atoms with E-state index in [9.17, 15) is 14.7 Å². The van der Waals surface area contributed by atoms with Crippen molar-refractivity contribution in [1.29, 1.82) is 0 Å². The van der Waals surface area contributed by atoms with Gasteiger partial charge in [-0.05, 0) is 49.2 Å². The summed E-state index contributed by atoms with van der Waals surface area (Å²) < 4.78 is 6.30. The van der Waals surface area contributed by atoms with E-state index >= 15 is 0 Å². The molecule has 2 heterocycles. The first-order valence-corrected chi connectivity index (χ1v) is 11.6. The molecule has 1 atom stereocenters. The maximum Gasteiger partial charge on any atom is 0.301 e. The van der Waals surface area contributed by atoms with E-state index in [2.05, 4.69) is 4.98 Å². The zero-order chi connectivity index (χ0) is 24.0. The number of thiazole rings is 1. The third kappa shape index (κ3) is 3.64. The van der Waals surface area contributed by atoms with Crippen molar-refractivity contribution < 1.29 is 19.4 Å². The maximum absolute atomic E-state index is 13.4. The molecule has 0 spiro atoms. The number of aromatic nitrogens is 1. The van der Waals surface area contributed by atoms with Crippen molar-refractivity contribution in [2.24, 2.45) is 0 Å². The van der Waals surface area contributed by atoms with E-state index in [0.29, 0.717) is 22.0 Å². The second-order valence-corrected chi connectivity index (χ2v) is 9.29. The Hall–Kier alpha value is -3.97. The number of aryl methyl sites for hydroxylation is 2. The molecule has 1 amide bonds. The predicted molar refractivity (Wildman–Crippen MR) is 133 cm³/mol. The van der Waals surface area contributed by atoms with Crippen LogP contribution in [0, 0.1) is 13.8 Å². The van der Waals surface area contributed by atoms with E-state index < -0.39 is 17.7 Å². The molecule has 34 heavy (non-hydrogen) atoms. The molecule has 0 aliphatic carbocycles. The highest BCUT2D eigenvalue weighted by Crippen LogP contribution is 2.44. The standard InChI is InChI=1S/C27H22N2O4S/c1-15-7-10-17(11-8-15)24(30)22-23(18-5-4-6-19(14-18)33-3)29(26(32)25(22)31)27-28-20-12-9-16(2)13-21(20)34-27/h4-14,23,30H,1-3H3/t23-/m1/s1. The zero-order valence-electron chi connectivity index (χ0n) is 18.9. The topological polar surface area (TPSA) is 79.7 Å². The van der Waals surface area contributed by atoms with Crippen molar-refractivity contribution in [2.75, 3.05) is 12.0 Å². The van der Waals surface area contributed by atoms with Gasteiger partial charge in [0.15, 0.2) is 5.13 Å². The van der Waals surface area contributed by atoms with Crippen LogP contribution in [0.1, 0.15) is 28.3 Å². The Bertz CT molecular complexity index is 1470. The van der Waals surface area contributed by atoms with Gasteiger partial charge in [-0.3, -0.25) is 14.5 Å². The lowest BCUT2D eigenvalue weighted by atomic mass is 9.95. The summed E-state index contributed by atoms with van der Waals surface area (Å²) in [5.74, 6) is -1.11. The van der Waals surface area contributed by atoms with Crippen LogP contribution in [-0.2, 0) is 9.59 Å². The molecule has 1 N–H and O–H groups in total. The van der Waals surface area contributed by atoms with Gasteiger partial charge in [0.05, 0.1) is 28.9 Å². The minimum atomic E-state index is -0.849. The summed E-state index contributed by atoms with van der Waals surface area (Å²) in [5.41, 5.74) is 3.98. The van der Waals surface area contributed by atoms with Crippen LogP contribution in [0.25, 0.3) is 16.0 Å². The summed E-state index contributed by atoms with van der Waals surface area (Å²) in [6.07, 6.45) is 0. The third-order valence-corrected chi connectivity index (χ3v) is 6.94. The fourth-order valence-corrected chi connectivity index (χ4v) is 5.24. The van der Waals surface area contributed by atoms with Gasteiger partial charge in [0.25, 0.3) is 5.78 Å². The number of aliphatic hydroxyl groups is 1. The van der Waals surface area contributed by atoms with Gasteiger partial charge in [0.2, 0.25) is 0 Å². The van der Waals surface area contributed by atoms with Gasteiger partial charge in [-0.2, -0.15) is 0 Å². The highest BCUT2D eigenvalue weighted by atomic mass is 32.1. The van der Waals surface area contributed by atoms with E-state index in [4.69, 9.17) is 4.74 Å². The molecule has 1 aliphatic heterocycles. The average Bonchev–Trinajstić information content (AvgIpc) is 3.37. The summed E-state index contributed by atoms with van der Waals surface area (Å²) >= 11 is 1.34. The number of hydrogen-bond donors (Lipinski definition) is 1. The second kappa shape index (κ2) is 8.43. The van der Waals surface area contributed by atoms with Crippen molar-refractivity contribution in [3.63, 3.8) is 0 Å². The van der Waals surface area contributed by atoms with Crippen molar-refractivity contribution in [1.82, 2.24) is 4.98 Å². The Morgan fingerprint density at radius 2 is 1.74 bits per heavy atom. The Morgan fingerprint density at radius 1 is 1.00 bits per heavy atom. The highest BCUT2D eigenvalue weighted by molar-refractivity contribution is 7.22. The van der Waals surface area contributed by atoms with Crippen molar-refractivity contribution in [3.8, 4) is 5.75 Å². The number of hydrogen-bond acceptors (Lipinski definition) is 6. The second-order valence-electron chi connectivity index (χ2n) is 8.28. The van der Waals surface area contributed by atoms with Gasteiger partial charge in [0.1, 0.15) is 11.5 Å². The SMILES string of the molecule is COc1cccc([C@@H]2C(=C(O)c3ccc(C)cc3)C(=O)C(=O)N2c2nc3ccc(C)cc3s2)c1. The van der Waals surface area contributed by atoms with Gasteiger partial charge in [-0.25, -0.2) is 4.98 Å². The number of nitrogens with zero attached hydrogens (tertiary/aromatic N) is 2. The summed E-state index contributed by atoms with van der Waals surface area (Å²) in [6, 6.07) is 19.3. The van der Waals surface area contributed by atoms with Gasteiger partial charge < -0.3 is 9.84 Å². The van der Waals surface area contributed by atoms with Crippen LogP contribution >= 0.6 is 11.3 Å². The van der Waals surface area contributed by atoms with Crippen LogP contribution < -0.4 is 9.64 Å². The first kappa shape index (κ1) is 21.9. The van der Waals surface area contributed by atoms with Crippen LogP contribution in [0.15, 0.2) is 72.3 Å². The molecule has 5 rings (SSSR count). The predicted octanol–water partition coefficient (Wildman–Crippen LogP) is 5.55. The Labute approximate surface area is 200 Å². The Kier molecular flexibility index (Phi) is 5.42. The van der Waals surface area contributed by atoms with Crippen molar-refractivity contribution >= 4 is 44.1 Å². The van der Waals surface area contributed by atoms with Crippen molar-refractivity contribution in [3.05, 3.63) is 94.6 Å². The fraction of sp³-hybridized carbons (Fsp3) is 0.148. The van der Waals surface area contributed by atoms with E-state index in [1.54, 1.807) is 37.4 Å². The zero-order valence-corrected chi connectivity index (χ0v) is 19.7. The van der Waals surface area contributed by atoms with Gasteiger partial charge in [0, 0.05) is 5.56 Å². The molecule has 0 unspecified atom stereocenters. The van der Waals surface area contributed by atoms with Crippen LogP contribution in [0.4, 0.5) is 5.13 Å². The molecule has 170 valence electrons. The molecule has 4 aromatic rings. The van der Waals surface area contributed by atoms with E-state index in [1.165, 1.54) is 16.2 Å². The number of anilines is 1. The number of amides is 1. The largest absolute Gasteiger partial charge is 0.507 e. The van der Waals surface area contributed by atoms with E-state index in [0.717, 1.165) is 21.3 Å². The first-order valence-electron chi connectivity index (χ1n) is 10.8. The molecule has 1 saturated heterocycles. The minimum Gasteiger partial charge on any atom is -0.507 e. The monoisotopic (exact) mass is 470 g/mol. The van der Waals surface area contributed by atoms with Crippen LogP contribution in [0.2, 0.25) is 0 Å². The summed E-state index contributed by atoms with van der Waals surface area (Å²) in [7, 11) is 1.55. The number of Topliss-reactive ketones (excluding diaryl/α,β-unsaturated/α-hetero) is 1. The number of carbonyl (C=O) groups excluding carboxylic acids is 2. The van der Waals surface area contributed by atoms with Crippen LogP contribution in [0.3, 0.4) is 0 Å². The van der Waals surface area contributed by atoms with E-state index in [-0.39, 0.29) is 11.3 Å². The van der Waals surface area contributed by atoms with Crippen LogP contribution in [-0.4, -0.2) is 28.9 Å². The molecule has 1 aromatic heterocycles. The van der Waals surface area contributed by atoms with Gasteiger partial charge >= 0.3 is 5.91 Å². The molecule has 3 aromatic carbocycles. The highest BCUT2D eigenvalue weighted by Gasteiger charge is 2.48. The molecule has 6 nitrogen and oxygen atoms in total. The van der Waals surface area contributed by atoms with Crippen LogP contribution in [0.5, 0.6) is 5.75 Å². The molecular weight excluding hydrogens is 448 g/mol. The van der Waals surface area contributed by atoms with Gasteiger partial charge in [-0.1, -0.05) is 59.4 Å². The number of methoxy groups -OCH3 is 1. The third-order valence-electron chi connectivity index (χ3n) is 5.92. The van der Waals surface area contributed by atoms with Crippen molar-refractivity contribution in [2.45, 2.75) is 19.9 Å². The lowest BCUT2D eigenvalue weighted by molar-refractivity contribution is -0.132. The summed E-state index contributed by atoms with van der Waals surface area (Å²) in [6.45, 7) is 3.93. The normalized spacial score (nSPS) is 17.5. The molecular formula is C27H22N2O4S. The number of carbonyl (C=O) groups is 2. The Morgan fingerprint density at radius 3 is 2.47 bits per heavy atom. The number of aliphatic hydroxyl groups excluding tert-OH is 1. The molecule has 0 radical (unpaired) electrons. The Balaban J connectivity index is 1.74. The maximum atomic E-state index is 13.4. The summed E-state index contributed by atoms with van der Waals surface area (Å²) in [4.78, 5) is 32.7. The number of ether oxygens (including phenoxy) is 1. The smallest absolute Gasteiger partial charge is 0.301 e. The quantitative estimate of drug-likeness (QED) is 0.240. The summed E-state index contributed by atoms with van der Waals surface area (Å²) in [5, 5.41) is 11.6. The molecule has 1 fully saturated rings. The van der Waals surface area contributed by atoms with E-state index in [1.807, 2.05) is 50.2 Å². The fourth-order valence-electron chi connectivity index (χ4n) is 4.15. The number of rotatable bonds is 4. The first-order chi connectivity index (χ1) is 16.4. The van der Waals surface area contributed by atoms with Gasteiger partial charge in [-0.15, -0.1) is 0 Å². The number of benzene rings is 3. The lowest BCUT2D eigenvalue weighted by Crippen LogP contribution is -2.29. The molecule has 7 heteroatoms. The minimum absolute atomic E-state index is 0.0255. The number of fused-ring (bicyclic) bond motifs is 1. The molecule has 0 saturated carbocycles. The lowest BCUT2D eigenvalue weighted by Gasteiger charge is -2.23. The molecule has 1 aliphatic rings. The number of ketones is 1. The average molecular weight is 471 g/mol.